The summed E-state index contributed by atoms with van der Waals surface area (Å²) in [5, 5.41) is 3.63. The molecule has 2 heteroatoms. The molecule has 19 heavy (non-hydrogen) atoms. The SMILES string of the molecule is CCC1CCC(N(C)C(CNC(C)C)C(C)C)CC1. The van der Waals surface area contributed by atoms with E-state index in [-0.39, 0.29) is 0 Å². The second kappa shape index (κ2) is 8.26. The molecule has 0 heterocycles. The van der Waals surface area contributed by atoms with Gasteiger partial charge in [0.05, 0.1) is 0 Å². The van der Waals surface area contributed by atoms with Crippen LogP contribution in [0.15, 0.2) is 0 Å². The van der Waals surface area contributed by atoms with Crippen molar-refractivity contribution in [1.82, 2.24) is 10.2 Å². The van der Waals surface area contributed by atoms with E-state index < -0.39 is 0 Å². The second-order valence-electron chi connectivity index (χ2n) is 7.12. The molecule has 0 aromatic rings. The number of rotatable bonds is 7. The fraction of sp³-hybridized carbons (Fsp3) is 1.00. The Morgan fingerprint density at radius 1 is 1.05 bits per heavy atom. The Balaban J connectivity index is 2.49. The minimum absolute atomic E-state index is 0.588. The summed E-state index contributed by atoms with van der Waals surface area (Å²) in [7, 11) is 2.35. The Kier molecular flexibility index (Phi) is 7.38. The van der Waals surface area contributed by atoms with Crippen LogP contribution in [-0.2, 0) is 0 Å². The van der Waals surface area contributed by atoms with E-state index in [1.54, 1.807) is 0 Å². The van der Waals surface area contributed by atoms with Crippen molar-refractivity contribution in [2.75, 3.05) is 13.6 Å². The average Bonchev–Trinajstić information content (AvgIpc) is 2.38. The summed E-state index contributed by atoms with van der Waals surface area (Å²) in [5.74, 6) is 1.72. The Morgan fingerprint density at radius 3 is 2.05 bits per heavy atom. The van der Waals surface area contributed by atoms with Gasteiger partial charge >= 0.3 is 0 Å². The molecule has 0 bridgehead atoms. The molecule has 1 saturated carbocycles. The fourth-order valence-corrected chi connectivity index (χ4v) is 3.44. The minimum atomic E-state index is 0.588. The van der Waals surface area contributed by atoms with E-state index in [1.165, 1.54) is 32.1 Å². The van der Waals surface area contributed by atoms with Crippen LogP contribution in [0.2, 0.25) is 0 Å². The predicted molar refractivity (Wildman–Crippen MR) is 85.6 cm³/mol. The molecule has 1 fully saturated rings. The Morgan fingerprint density at radius 2 is 1.63 bits per heavy atom. The smallest absolute Gasteiger partial charge is 0.0243 e. The first-order valence-corrected chi connectivity index (χ1v) is 8.41. The van der Waals surface area contributed by atoms with Gasteiger partial charge in [0.1, 0.15) is 0 Å². The van der Waals surface area contributed by atoms with Gasteiger partial charge in [0, 0.05) is 24.7 Å². The molecule has 114 valence electrons. The van der Waals surface area contributed by atoms with Crippen LogP contribution in [0, 0.1) is 11.8 Å². The van der Waals surface area contributed by atoms with Gasteiger partial charge in [0.2, 0.25) is 0 Å². The normalized spacial score (nSPS) is 26.4. The van der Waals surface area contributed by atoms with Crippen molar-refractivity contribution < 1.29 is 0 Å². The standard InChI is InChI=1S/C17H36N2/c1-7-15-8-10-16(11-9-15)19(6)17(13(2)3)12-18-14(4)5/h13-18H,7-12H2,1-6H3. The lowest BCUT2D eigenvalue weighted by Gasteiger charge is -2.41. The van der Waals surface area contributed by atoms with Crippen molar-refractivity contribution in [2.45, 2.75) is 84.8 Å². The molecule has 0 amide bonds. The van der Waals surface area contributed by atoms with Crippen molar-refractivity contribution >= 4 is 0 Å². The number of hydrogen-bond acceptors (Lipinski definition) is 2. The van der Waals surface area contributed by atoms with Crippen LogP contribution >= 0.6 is 0 Å². The zero-order valence-electron chi connectivity index (χ0n) is 14.1. The third-order valence-corrected chi connectivity index (χ3v) is 5.00. The molecule has 1 N–H and O–H groups in total. The molecule has 0 radical (unpaired) electrons. The molecule has 1 rings (SSSR count). The molecular weight excluding hydrogens is 232 g/mol. The lowest BCUT2D eigenvalue weighted by atomic mass is 9.83. The number of nitrogens with zero attached hydrogens (tertiary/aromatic N) is 1. The van der Waals surface area contributed by atoms with Crippen LogP contribution < -0.4 is 5.32 Å². The van der Waals surface area contributed by atoms with Gasteiger partial charge in [-0.3, -0.25) is 4.90 Å². The van der Waals surface area contributed by atoms with Crippen molar-refractivity contribution in [1.29, 1.82) is 0 Å². The first-order valence-electron chi connectivity index (χ1n) is 8.41. The predicted octanol–water partition coefficient (Wildman–Crippen LogP) is 3.91. The van der Waals surface area contributed by atoms with Gasteiger partial charge in [-0.2, -0.15) is 0 Å². The average molecular weight is 268 g/mol. The fourth-order valence-electron chi connectivity index (χ4n) is 3.44. The molecule has 0 spiro atoms. The quantitative estimate of drug-likeness (QED) is 0.753. The van der Waals surface area contributed by atoms with Crippen LogP contribution in [0.1, 0.15) is 66.7 Å². The number of likely N-dealkylation sites (N-methyl/N-ethyl adjacent to an activating group) is 1. The summed E-state index contributed by atoms with van der Waals surface area (Å²) in [6.07, 6.45) is 7.06. The Hall–Kier alpha value is -0.0800. The molecule has 0 saturated heterocycles. The molecule has 1 unspecified atom stereocenters. The first kappa shape index (κ1) is 17.0. The van der Waals surface area contributed by atoms with Crippen molar-refractivity contribution in [3.63, 3.8) is 0 Å². The van der Waals surface area contributed by atoms with E-state index in [4.69, 9.17) is 0 Å². The van der Waals surface area contributed by atoms with Crippen molar-refractivity contribution in [2.24, 2.45) is 11.8 Å². The van der Waals surface area contributed by atoms with Crippen molar-refractivity contribution in [3.05, 3.63) is 0 Å². The van der Waals surface area contributed by atoms with E-state index >= 15 is 0 Å². The van der Waals surface area contributed by atoms with Gasteiger partial charge in [0.25, 0.3) is 0 Å². The lowest BCUT2D eigenvalue weighted by Crippen LogP contribution is -2.50. The van der Waals surface area contributed by atoms with Crippen molar-refractivity contribution in [3.8, 4) is 0 Å². The summed E-state index contributed by atoms with van der Waals surface area (Å²) in [6, 6.07) is 2.07. The van der Waals surface area contributed by atoms with E-state index in [2.05, 4.69) is 51.9 Å². The zero-order chi connectivity index (χ0) is 14.4. The number of hydrogen-bond donors (Lipinski definition) is 1. The molecule has 1 aliphatic rings. The topological polar surface area (TPSA) is 15.3 Å². The number of nitrogens with one attached hydrogen (secondary N) is 1. The van der Waals surface area contributed by atoms with Gasteiger partial charge in [-0.05, 0) is 44.6 Å². The van der Waals surface area contributed by atoms with Crippen LogP contribution in [-0.4, -0.2) is 36.6 Å². The minimum Gasteiger partial charge on any atom is -0.313 e. The largest absolute Gasteiger partial charge is 0.313 e. The highest BCUT2D eigenvalue weighted by atomic mass is 15.2. The summed E-state index contributed by atoms with van der Waals surface area (Å²) >= 11 is 0. The van der Waals surface area contributed by atoms with E-state index in [0.29, 0.717) is 12.1 Å². The summed E-state index contributed by atoms with van der Waals surface area (Å²) < 4.78 is 0. The summed E-state index contributed by atoms with van der Waals surface area (Å²) in [5.41, 5.74) is 0. The molecule has 0 aliphatic heterocycles. The molecule has 2 nitrogen and oxygen atoms in total. The molecule has 1 aliphatic carbocycles. The molecular formula is C17H36N2. The molecule has 0 aromatic carbocycles. The zero-order valence-corrected chi connectivity index (χ0v) is 14.1. The molecule has 1 atom stereocenters. The third-order valence-electron chi connectivity index (χ3n) is 5.00. The second-order valence-corrected chi connectivity index (χ2v) is 7.12. The van der Waals surface area contributed by atoms with Crippen LogP contribution in [0.5, 0.6) is 0 Å². The van der Waals surface area contributed by atoms with Crippen LogP contribution in [0.4, 0.5) is 0 Å². The van der Waals surface area contributed by atoms with Gasteiger partial charge in [-0.25, -0.2) is 0 Å². The Labute approximate surface area is 121 Å². The highest BCUT2D eigenvalue weighted by Gasteiger charge is 2.28. The van der Waals surface area contributed by atoms with E-state index in [9.17, 15) is 0 Å². The maximum Gasteiger partial charge on any atom is 0.0243 e. The Bertz CT molecular complexity index is 229. The van der Waals surface area contributed by atoms with Crippen LogP contribution in [0.25, 0.3) is 0 Å². The third kappa shape index (κ3) is 5.43. The highest BCUT2D eigenvalue weighted by Crippen LogP contribution is 2.30. The summed E-state index contributed by atoms with van der Waals surface area (Å²) in [4.78, 5) is 2.67. The maximum absolute atomic E-state index is 3.63. The maximum atomic E-state index is 3.63. The monoisotopic (exact) mass is 268 g/mol. The van der Waals surface area contributed by atoms with Gasteiger partial charge in [0.15, 0.2) is 0 Å². The highest BCUT2D eigenvalue weighted by molar-refractivity contribution is 4.84. The van der Waals surface area contributed by atoms with Gasteiger partial charge in [-0.15, -0.1) is 0 Å². The molecule has 0 aromatic heterocycles. The van der Waals surface area contributed by atoms with E-state index in [1.807, 2.05) is 0 Å². The van der Waals surface area contributed by atoms with Gasteiger partial charge < -0.3 is 5.32 Å². The first-order chi connectivity index (χ1) is 8.95. The van der Waals surface area contributed by atoms with E-state index in [0.717, 1.165) is 24.4 Å². The van der Waals surface area contributed by atoms with Crippen LogP contribution in [0.3, 0.4) is 0 Å². The summed E-state index contributed by atoms with van der Waals surface area (Å²) in [6.45, 7) is 12.7. The van der Waals surface area contributed by atoms with Gasteiger partial charge in [-0.1, -0.05) is 41.0 Å². The lowest BCUT2D eigenvalue weighted by molar-refractivity contribution is 0.0922.